The third-order valence-corrected chi connectivity index (χ3v) is 3.10. The third-order valence-electron chi connectivity index (χ3n) is 2.21. The smallest absolute Gasteiger partial charge is 0.152 e. The maximum absolute atomic E-state index is 8.34. The fraction of sp³-hybridized carbons (Fsp3) is 1.00. The molecule has 0 rings (SSSR count). The monoisotopic (exact) mass is 330 g/mol. The molecular weight excluding hydrogens is 303 g/mol. The van der Waals surface area contributed by atoms with E-state index in [4.69, 9.17) is 14.5 Å². The highest BCUT2D eigenvalue weighted by Crippen LogP contribution is 2.09. The highest BCUT2D eigenvalue weighted by atomic mass is 79.9. The van der Waals surface area contributed by atoms with Crippen molar-refractivity contribution >= 4 is 25.0 Å². The molecule has 0 spiro atoms. The number of halogens is 1. The summed E-state index contributed by atoms with van der Waals surface area (Å²) in [5.74, 6) is 0. The number of aliphatic hydroxyl groups excluding tert-OH is 1. The summed E-state index contributed by atoms with van der Waals surface area (Å²) in [4.78, 5) is 8.34. The van der Waals surface area contributed by atoms with E-state index >= 15 is 0 Å². The minimum absolute atomic E-state index is 0.297. The quantitative estimate of drug-likeness (QED) is 0.342. The second kappa shape index (κ2) is 22.0. The zero-order chi connectivity index (χ0) is 13.2. The molecule has 0 amide bonds. The van der Waals surface area contributed by atoms with Crippen LogP contribution in [0.3, 0.4) is 0 Å². The number of hydrogen-bond donors (Lipinski definition) is 2. The van der Waals surface area contributed by atoms with E-state index in [9.17, 15) is 0 Å². The predicted octanol–water partition coefficient (Wildman–Crippen LogP) is 4.02. The van der Waals surface area contributed by atoms with Crippen LogP contribution in [0, 0.1) is 0 Å². The summed E-state index contributed by atoms with van der Waals surface area (Å²) < 4.78 is 4.84. The summed E-state index contributed by atoms with van der Waals surface area (Å²) in [7, 11) is -0.330. The van der Waals surface area contributed by atoms with Crippen molar-refractivity contribution in [2.75, 3.05) is 18.5 Å². The van der Waals surface area contributed by atoms with Gasteiger partial charge in [-0.1, -0.05) is 61.4 Å². The van der Waals surface area contributed by atoms with Crippen LogP contribution in [0.1, 0.15) is 58.3 Å². The first-order valence-corrected chi connectivity index (χ1v) is 8.48. The van der Waals surface area contributed by atoms with Gasteiger partial charge in [0.2, 0.25) is 0 Å². The van der Waals surface area contributed by atoms with Crippen molar-refractivity contribution in [2.24, 2.45) is 0 Å². The van der Waals surface area contributed by atoms with Crippen molar-refractivity contribution in [3.63, 3.8) is 0 Å². The Labute approximate surface area is 116 Å². The van der Waals surface area contributed by atoms with Crippen LogP contribution >= 0.6 is 25.0 Å². The van der Waals surface area contributed by atoms with E-state index in [1.54, 1.807) is 0 Å². The summed E-state index contributed by atoms with van der Waals surface area (Å²) in [6.45, 7) is 3.25. The maximum Gasteiger partial charge on any atom is 0.152 e. The van der Waals surface area contributed by atoms with Crippen LogP contribution in [0.15, 0.2) is 0 Å². The first-order chi connectivity index (χ1) is 8.33. The van der Waals surface area contributed by atoms with Gasteiger partial charge in [-0.25, -0.2) is 0 Å². The standard InChI is InChI=1S/C9H21O2P.C3H7BrO/c1-2-3-4-5-6-7-8-9-11-12-10;4-2-1-3-5/h10,12H,2-9H2,1H3;5H,1-3H2. The predicted molar refractivity (Wildman–Crippen MR) is 80.0 cm³/mol. The minimum Gasteiger partial charge on any atom is -0.396 e. The molecule has 0 heterocycles. The summed E-state index contributed by atoms with van der Waals surface area (Å²) in [6, 6.07) is 0. The lowest BCUT2D eigenvalue weighted by Gasteiger charge is -2.00. The van der Waals surface area contributed by atoms with Crippen molar-refractivity contribution in [1.29, 1.82) is 0 Å². The van der Waals surface area contributed by atoms with E-state index in [0.29, 0.717) is 6.61 Å². The molecule has 0 aromatic carbocycles. The topological polar surface area (TPSA) is 49.7 Å². The molecule has 0 fully saturated rings. The van der Waals surface area contributed by atoms with Crippen molar-refractivity contribution in [3.05, 3.63) is 0 Å². The first-order valence-electron chi connectivity index (χ1n) is 6.51. The van der Waals surface area contributed by atoms with Gasteiger partial charge >= 0.3 is 0 Å². The molecule has 0 saturated heterocycles. The van der Waals surface area contributed by atoms with Gasteiger partial charge in [0.05, 0.1) is 6.61 Å². The molecule has 2 N–H and O–H groups in total. The van der Waals surface area contributed by atoms with Crippen LogP contribution in [0.4, 0.5) is 0 Å². The maximum atomic E-state index is 8.34. The lowest BCUT2D eigenvalue weighted by atomic mass is 10.1. The zero-order valence-corrected chi connectivity index (χ0v) is 13.5. The molecule has 0 aliphatic rings. The van der Waals surface area contributed by atoms with Gasteiger partial charge in [0.25, 0.3) is 0 Å². The van der Waals surface area contributed by atoms with Crippen LogP contribution < -0.4 is 0 Å². The Hall–Kier alpha value is 0.790. The van der Waals surface area contributed by atoms with Gasteiger partial charge in [-0.05, 0) is 12.8 Å². The SMILES string of the molecule is CCCCCCCCCOPO.OCCCBr. The van der Waals surface area contributed by atoms with Gasteiger partial charge in [0.15, 0.2) is 9.03 Å². The minimum atomic E-state index is -0.330. The van der Waals surface area contributed by atoms with E-state index in [1.807, 2.05) is 0 Å². The van der Waals surface area contributed by atoms with E-state index < -0.39 is 0 Å². The van der Waals surface area contributed by atoms with E-state index in [1.165, 1.54) is 38.5 Å². The Morgan fingerprint density at radius 3 is 2.00 bits per heavy atom. The Balaban J connectivity index is 0. The Bertz CT molecular complexity index is 106. The average Bonchev–Trinajstić information content (AvgIpc) is 2.34. The van der Waals surface area contributed by atoms with Gasteiger partial charge in [-0.2, -0.15) is 0 Å². The molecule has 1 unspecified atom stereocenters. The number of unbranched alkanes of at least 4 members (excludes halogenated alkanes) is 6. The molecule has 0 aliphatic carbocycles. The number of alkyl halides is 1. The number of aliphatic hydroxyl groups is 1. The lowest BCUT2D eigenvalue weighted by molar-refractivity contribution is 0.296. The van der Waals surface area contributed by atoms with Crippen LogP contribution in [-0.2, 0) is 4.52 Å². The molecule has 0 aliphatic heterocycles. The van der Waals surface area contributed by atoms with E-state index in [-0.39, 0.29) is 9.03 Å². The normalized spacial score (nSPS) is 10.6. The highest BCUT2D eigenvalue weighted by molar-refractivity contribution is 9.09. The summed E-state index contributed by atoms with van der Waals surface area (Å²) in [5.41, 5.74) is 0. The van der Waals surface area contributed by atoms with Crippen LogP contribution in [0.2, 0.25) is 0 Å². The molecule has 0 saturated carbocycles. The molecular formula is C12H28BrO3P. The van der Waals surface area contributed by atoms with Crippen LogP contribution in [-0.4, -0.2) is 28.5 Å². The molecule has 106 valence electrons. The largest absolute Gasteiger partial charge is 0.396 e. The molecule has 0 bridgehead atoms. The van der Waals surface area contributed by atoms with Crippen molar-refractivity contribution in [1.82, 2.24) is 0 Å². The Kier molecular flexibility index (Phi) is 26.0. The van der Waals surface area contributed by atoms with E-state index in [0.717, 1.165) is 24.8 Å². The molecule has 3 nitrogen and oxygen atoms in total. The van der Waals surface area contributed by atoms with Gasteiger partial charge in [-0.15, -0.1) is 0 Å². The van der Waals surface area contributed by atoms with Crippen molar-refractivity contribution in [2.45, 2.75) is 58.3 Å². The fourth-order valence-electron chi connectivity index (χ4n) is 1.24. The highest BCUT2D eigenvalue weighted by Gasteiger charge is 1.90. The second-order valence-electron chi connectivity index (χ2n) is 3.83. The van der Waals surface area contributed by atoms with Crippen molar-refractivity contribution < 1.29 is 14.5 Å². The first kappa shape index (κ1) is 20.1. The van der Waals surface area contributed by atoms with Gasteiger partial charge < -0.3 is 14.5 Å². The number of rotatable bonds is 11. The molecule has 5 heteroatoms. The molecule has 0 radical (unpaired) electrons. The van der Waals surface area contributed by atoms with Crippen LogP contribution in [0.25, 0.3) is 0 Å². The van der Waals surface area contributed by atoms with Gasteiger partial charge in [0.1, 0.15) is 0 Å². The summed E-state index contributed by atoms with van der Waals surface area (Å²) >= 11 is 3.15. The van der Waals surface area contributed by atoms with E-state index in [2.05, 4.69) is 22.9 Å². The molecule has 17 heavy (non-hydrogen) atoms. The average molecular weight is 331 g/mol. The zero-order valence-electron chi connectivity index (χ0n) is 11.0. The van der Waals surface area contributed by atoms with Crippen LogP contribution in [0.5, 0.6) is 0 Å². The van der Waals surface area contributed by atoms with Gasteiger partial charge in [-0.3, -0.25) is 0 Å². The second-order valence-corrected chi connectivity index (χ2v) is 5.09. The van der Waals surface area contributed by atoms with Crippen molar-refractivity contribution in [3.8, 4) is 0 Å². The summed E-state index contributed by atoms with van der Waals surface area (Å²) in [5, 5.41) is 8.94. The molecule has 0 aromatic rings. The Morgan fingerprint density at radius 2 is 1.59 bits per heavy atom. The van der Waals surface area contributed by atoms with Gasteiger partial charge in [0, 0.05) is 11.9 Å². The molecule has 0 aromatic heterocycles. The summed E-state index contributed by atoms with van der Waals surface area (Å²) in [6.07, 6.45) is 9.93. The molecule has 1 atom stereocenters. The fourth-order valence-corrected chi connectivity index (χ4v) is 1.72. The number of hydrogen-bond acceptors (Lipinski definition) is 3. The Morgan fingerprint density at radius 1 is 1.00 bits per heavy atom. The lowest BCUT2D eigenvalue weighted by Crippen LogP contribution is -1.86. The third kappa shape index (κ3) is 26.4.